The third-order valence-electron chi connectivity index (χ3n) is 2.39. The first kappa shape index (κ1) is 14.1. The zero-order valence-electron chi connectivity index (χ0n) is 10.4. The second-order valence-corrected chi connectivity index (χ2v) is 5.97. The molecule has 1 aliphatic rings. The van der Waals surface area contributed by atoms with Gasteiger partial charge in [-0.3, -0.25) is 0 Å². The molecule has 1 atom stereocenters. The lowest BCUT2D eigenvalue weighted by Gasteiger charge is -2.14. The maximum absolute atomic E-state index is 5.59. The Balaban J connectivity index is 1.85. The van der Waals surface area contributed by atoms with Crippen molar-refractivity contribution < 1.29 is 18.3 Å². The van der Waals surface area contributed by atoms with Gasteiger partial charge in [-0.25, -0.2) is 0 Å². The molecule has 0 aliphatic carbocycles. The van der Waals surface area contributed by atoms with Crippen LogP contribution in [-0.4, -0.2) is 48.4 Å². The largest absolute Gasteiger partial charge is 0.397 e. The Bertz CT molecular complexity index is 158. The number of hydrogen-bond donors (Lipinski definition) is 0. The second kappa shape index (κ2) is 9.12. The summed E-state index contributed by atoms with van der Waals surface area (Å²) < 4.78 is 21.7. The lowest BCUT2D eigenvalue weighted by atomic mass is 10.3. The highest BCUT2D eigenvalue weighted by Crippen LogP contribution is 2.09. The van der Waals surface area contributed by atoms with E-state index in [1.165, 1.54) is 0 Å². The van der Waals surface area contributed by atoms with E-state index in [1.807, 2.05) is 13.8 Å². The van der Waals surface area contributed by atoms with Gasteiger partial charge in [0.2, 0.25) is 0 Å². The van der Waals surface area contributed by atoms with Gasteiger partial charge >= 0.3 is 9.28 Å². The molecule has 16 heavy (non-hydrogen) atoms. The van der Waals surface area contributed by atoms with Crippen LogP contribution in [0.5, 0.6) is 0 Å². The molecule has 1 saturated heterocycles. The number of hydrogen-bond acceptors (Lipinski definition) is 4. The minimum Gasteiger partial charge on any atom is -0.397 e. The summed E-state index contributed by atoms with van der Waals surface area (Å²) >= 11 is 0. The molecule has 0 aromatic rings. The second-order valence-electron chi connectivity index (χ2n) is 3.87. The van der Waals surface area contributed by atoms with E-state index in [-0.39, 0.29) is 0 Å². The smallest absolute Gasteiger partial charge is 0.321 e. The number of epoxide rings is 1. The fourth-order valence-corrected chi connectivity index (χ4v) is 3.28. The van der Waals surface area contributed by atoms with Crippen molar-refractivity contribution in [2.24, 2.45) is 0 Å². The topological polar surface area (TPSA) is 40.2 Å². The lowest BCUT2D eigenvalue weighted by Crippen LogP contribution is -2.22. The summed E-state index contributed by atoms with van der Waals surface area (Å²) in [5.74, 6) is 0. The van der Waals surface area contributed by atoms with Crippen LogP contribution in [0.15, 0.2) is 0 Å². The summed E-state index contributed by atoms with van der Waals surface area (Å²) in [5.41, 5.74) is 0. The highest BCUT2D eigenvalue weighted by atomic mass is 28.3. The Kier molecular flexibility index (Phi) is 8.05. The Morgan fingerprint density at radius 3 is 2.44 bits per heavy atom. The van der Waals surface area contributed by atoms with E-state index in [0.29, 0.717) is 6.10 Å². The summed E-state index contributed by atoms with van der Waals surface area (Å²) in [6.07, 6.45) is 2.62. The molecule has 1 fully saturated rings. The lowest BCUT2D eigenvalue weighted by molar-refractivity contribution is 0.113. The maximum Gasteiger partial charge on any atom is 0.321 e. The molecule has 0 amide bonds. The van der Waals surface area contributed by atoms with Gasteiger partial charge in [0.1, 0.15) is 6.10 Å². The third kappa shape index (κ3) is 7.35. The molecule has 5 heteroatoms. The van der Waals surface area contributed by atoms with Crippen LogP contribution in [-0.2, 0) is 18.3 Å². The number of ether oxygens (including phenoxy) is 2. The number of rotatable bonds is 11. The normalized spacial score (nSPS) is 19.3. The van der Waals surface area contributed by atoms with E-state index in [1.54, 1.807) is 0 Å². The molecule has 4 nitrogen and oxygen atoms in total. The predicted octanol–water partition coefficient (Wildman–Crippen LogP) is 1.48. The van der Waals surface area contributed by atoms with Crippen molar-refractivity contribution in [2.45, 2.75) is 38.8 Å². The standard InChI is InChI=1S/C11H24O4Si/c1-3-14-16(15-4-2)8-6-5-7-12-9-11-10-13-11/h11,16H,3-10H2,1-2H3. The molecule has 1 rings (SSSR count). The Morgan fingerprint density at radius 2 is 1.88 bits per heavy atom. The third-order valence-corrected chi connectivity index (χ3v) is 4.68. The molecule has 0 spiro atoms. The zero-order valence-corrected chi connectivity index (χ0v) is 11.6. The van der Waals surface area contributed by atoms with Crippen molar-refractivity contribution in [3.05, 3.63) is 0 Å². The Labute approximate surface area is 100 Å². The van der Waals surface area contributed by atoms with Crippen molar-refractivity contribution in [2.75, 3.05) is 33.0 Å². The average Bonchev–Trinajstić information content (AvgIpc) is 3.07. The molecule has 1 unspecified atom stereocenters. The summed E-state index contributed by atoms with van der Waals surface area (Å²) in [7, 11) is -1.37. The molecule has 0 saturated carbocycles. The van der Waals surface area contributed by atoms with E-state index in [0.717, 1.165) is 51.9 Å². The molecule has 0 radical (unpaired) electrons. The van der Waals surface area contributed by atoms with Gasteiger partial charge in [-0.1, -0.05) is 0 Å². The van der Waals surface area contributed by atoms with Gasteiger partial charge in [-0.2, -0.15) is 0 Å². The van der Waals surface area contributed by atoms with E-state index >= 15 is 0 Å². The van der Waals surface area contributed by atoms with Crippen LogP contribution in [0.1, 0.15) is 26.7 Å². The molecule has 1 aliphatic heterocycles. The first-order valence-corrected chi connectivity index (χ1v) is 8.05. The van der Waals surface area contributed by atoms with Crippen LogP contribution in [0.2, 0.25) is 6.04 Å². The summed E-state index contributed by atoms with van der Waals surface area (Å²) in [4.78, 5) is 0. The molecule has 0 aromatic carbocycles. The minimum atomic E-state index is -1.37. The maximum atomic E-state index is 5.59. The summed E-state index contributed by atoms with van der Waals surface area (Å²) in [6.45, 7) is 8.06. The molecule has 0 aromatic heterocycles. The first-order chi connectivity index (χ1) is 7.86. The predicted molar refractivity (Wildman–Crippen MR) is 65.0 cm³/mol. The summed E-state index contributed by atoms with van der Waals surface area (Å²) in [5, 5.41) is 0. The van der Waals surface area contributed by atoms with Crippen LogP contribution < -0.4 is 0 Å². The van der Waals surface area contributed by atoms with Crippen LogP contribution >= 0.6 is 0 Å². The molecule has 1 heterocycles. The Hall–Kier alpha value is 0.0569. The van der Waals surface area contributed by atoms with Crippen molar-refractivity contribution in [1.82, 2.24) is 0 Å². The van der Waals surface area contributed by atoms with Crippen molar-refractivity contribution in [3.8, 4) is 0 Å². The van der Waals surface area contributed by atoms with Crippen molar-refractivity contribution in [3.63, 3.8) is 0 Å². The van der Waals surface area contributed by atoms with Gasteiger partial charge in [-0.15, -0.1) is 0 Å². The van der Waals surface area contributed by atoms with Crippen LogP contribution in [0, 0.1) is 0 Å². The van der Waals surface area contributed by atoms with E-state index < -0.39 is 9.28 Å². The van der Waals surface area contributed by atoms with E-state index in [4.69, 9.17) is 18.3 Å². The molecule has 0 bridgehead atoms. The highest BCUT2D eigenvalue weighted by Gasteiger charge is 2.22. The highest BCUT2D eigenvalue weighted by molar-refractivity contribution is 6.44. The molecular weight excluding hydrogens is 224 g/mol. The van der Waals surface area contributed by atoms with Gasteiger partial charge in [-0.05, 0) is 32.7 Å². The molecule has 0 N–H and O–H groups in total. The van der Waals surface area contributed by atoms with E-state index in [9.17, 15) is 0 Å². The van der Waals surface area contributed by atoms with Crippen molar-refractivity contribution in [1.29, 1.82) is 0 Å². The quantitative estimate of drug-likeness (QED) is 0.315. The minimum absolute atomic E-state index is 0.383. The van der Waals surface area contributed by atoms with Gasteiger partial charge in [0.15, 0.2) is 0 Å². The van der Waals surface area contributed by atoms with E-state index in [2.05, 4.69) is 0 Å². The average molecular weight is 248 g/mol. The fourth-order valence-electron chi connectivity index (χ4n) is 1.48. The van der Waals surface area contributed by atoms with Crippen LogP contribution in [0.4, 0.5) is 0 Å². The Morgan fingerprint density at radius 1 is 1.19 bits per heavy atom. The van der Waals surface area contributed by atoms with Gasteiger partial charge in [0.25, 0.3) is 0 Å². The van der Waals surface area contributed by atoms with Crippen molar-refractivity contribution >= 4 is 9.28 Å². The van der Waals surface area contributed by atoms with Gasteiger partial charge in [0, 0.05) is 19.8 Å². The molecule has 96 valence electrons. The first-order valence-electron chi connectivity index (χ1n) is 6.29. The SMILES string of the molecule is CCO[SiH](CCCCOCC1CO1)OCC. The zero-order chi connectivity index (χ0) is 11.6. The van der Waals surface area contributed by atoms with Crippen LogP contribution in [0.25, 0.3) is 0 Å². The molecular formula is C11H24O4Si. The number of unbranched alkanes of at least 4 members (excludes halogenated alkanes) is 1. The van der Waals surface area contributed by atoms with Crippen LogP contribution in [0.3, 0.4) is 0 Å². The van der Waals surface area contributed by atoms with Gasteiger partial charge < -0.3 is 18.3 Å². The monoisotopic (exact) mass is 248 g/mol. The fraction of sp³-hybridized carbons (Fsp3) is 1.00. The summed E-state index contributed by atoms with van der Waals surface area (Å²) in [6, 6.07) is 1.09. The van der Waals surface area contributed by atoms with Gasteiger partial charge in [0.05, 0.1) is 13.2 Å².